The monoisotopic (exact) mass is 575 g/mol. The minimum absolute atomic E-state index is 0. The Morgan fingerprint density at radius 3 is 2.44 bits per heavy atom. The number of nitrogens with one attached hydrogen (secondary N) is 2. The van der Waals surface area contributed by atoms with Crippen molar-refractivity contribution in [3.05, 3.63) is 71.3 Å². The number of carbonyl (C=O) groups excluding carboxylic acids is 1. The zero-order valence-corrected chi connectivity index (χ0v) is 22.7. The van der Waals surface area contributed by atoms with Crippen LogP contribution >= 0.6 is 24.0 Å². The van der Waals surface area contributed by atoms with E-state index in [4.69, 9.17) is 0 Å². The predicted octanol–water partition coefficient (Wildman–Crippen LogP) is 4.15. The first-order chi connectivity index (χ1) is 16.1. The standard InChI is InChI=1S/C27H37N5O.HI/c1-21-17-25(14-16-31(21)19-22-9-4-3-5-10-22)30-27(28-2)29-18-23-11-6-7-12-24(23)20-32-15-8-13-26(32)33;/h3-7,9-12,21,25H,8,13-20H2,1-2H3,(H2,28,29,30);1H. The van der Waals surface area contributed by atoms with Crippen LogP contribution in [0, 0.1) is 0 Å². The molecule has 2 aliphatic rings. The average molecular weight is 576 g/mol. The zero-order chi connectivity index (χ0) is 23.0. The lowest BCUT2D eigenvalue weighted by Gasteiger charge is -2.38. The van der Waals surface area contributed by atoms with E-state index < -0.39 is 0 Å². The van der Waals surface area contributed by atoms with Crippen molar-refractivity contribution < 1.29 is 4.79 Å². The van der Waals surface area contributed by atoms with Crippen molar-refractivity contribution in [1.82, 2.24) is 20.4 Å². The average Bonchev–Trinajstić information content (AvgIpc) is 3.24. The second-order valence-corrected chi connectivity index (χ2v) is 9.28. The Bertz CT molecular complexity index is 951. The minimum Gasteiger partial charge on any atom is -0.354 e. The molecule has 0 spiro atoms. The number of amides is 1. The Balaban J connectivity index is 0.00000324. The molecule has 2 atom stereocenters. The predicted molar refractivity (Wildman–Crippen MR) is 149 cm³/mol. The second-order valence-electron chi connectivity index (χ2n) is 9.28. The van der Waals surface area contributed by atoms with E-state index in [0.29, 0.717) is 31.6 Å². The number of nitrogens with zero attached hydrogens (tertiary/aromatic N) is 3. The molecule has 2 aromatic rings. The van der Waals surface area contributed by atoms with Crippen LogP contribution in [0.25, 0.3) is 0 Å². The maximum absolute atomic E-state index is 12.1. The van der Waals surface area contributed by atoms with Crippen molar-refractivity contribution in [3.8, 4) is 0 Å². The van der Waals surface area contributed by atoms with Crippen molar-refractivity contribution in [2.24, 2.45) is 4.99 Å². The van der Waals surface area contributed by atoms with E-state index in [1.54, 1.807) is 0 Å². The molecule has 2 aliphatic heterocycles. The highest BCUT2D eigenvalue weighted by atomic mass is 127. The molecule has 34 heavy (non-hydrogen) atoms. The lowest BCUT2D eigenvalue weighted by molar-refractivity contribution is -0.128. The molecule has 2 fully saturated rings. The Labute approximate surface area is 221 Å². The van der Waals surface area contributed by atoms with E-state index in [-0.39, 0.29) is 29.9 Å². The second kappa shape index (κ2) is 13.1. The van der Waals surface area contributed by atoms with E-state index in [0.717, 1.165) is 44.9 Å². The van der Waals surface area contributed by atoms with Gasteiger partial charge < -0.3 is 15.5 Å². The lowest BCUT2D eigenvalue weighted by Crippen LogP contribution is -2.51. The third kappa shape index (κ3) is 7.18. The van der Waals surface area contributed by atoms with Gasteiger partial charge in [-0.15, -0.1) is 24.0 Å². The van der Waals surface area contributed by atoms with E-state index in [1.807, 2.05) is 11.9 Å². The summed E-state index contributed by atoms with van der Waals surface area (Å²) in [5.74, 6) is 1.11. The quantitative estimate of drug-likeness (QED) is 0.296. The van der Waals surface area contributed by atoms with Crippen LogP contribution in [0.1, 0.15) is 49.3 Å². The summed E-state index contributed by atoms with van der Waals surface area (Å²) in [5.41, 5.74) is 3.80. The fourth-order valence-corrected chi connectivity index (χ4v) is 4.93. The van der Waals surface area contributed by atoms with Gasteiger partial charge in [0.15, 0.2) is 5.96 Å². The van der Waals surface area contributed by atoms with Gasteiger partial charge in [0.25, 0.3) is 0 Å². The summed E-state index contributed by atoms with van der Waals surface area (Å²) in [6.07, 6.45) is 3.85. The molecule has 0 aliphatic carbocycles. The molecule has 2 aromatic carbocycles. The summed E-state index contributed by atoms with van der Waals surface area (Å²) >= 11 is 0. The molecule has 2 N–H and O–H groups in total. The molecule has 0 aromatic heterocycles. The molecule has 0 saturated carbocycles. The number of hydrogen-bond acceptors (Lipinski definition) is 3. The first kappa shape index (κ1) is 26.5. The van der Waals surface area contributed by atoms with Crippen molar-refractivity contribution in [2.75, 3.05) is 20.1 Å². The topological polar surface area (TPSA) is 60.0 Å². The molecular weight excluding hydrogens is 537 g/mol. The number of aliphatic imine (C=N–C) groups is 1. The van der Waals surface area contributed by atoms with Gasteiger partial charge in [0.05, 0.1) is 0 Å². The molecule has 6 nitrogen and oxygen atoms in total. The minimum atomic E-state index is 0. The molecule has 1 amide bonds. The van der Waals surface area contributed by atoms with Crippen molar-refractivity contribution in [2.45, 2.75) is 64.3 Å². The summed E-state index contributed by atoms with van der Waals surface area (Å²) in [6, 6.07) is 20.0. The SMILES string of the molecule is CN=C(NCc1ccccc1CN1CCCC1=O)NC1CCN(Cc2ccccc2)C(C)C1.I. The van der Waals surface area contributed by atoms with Gasteiger partial charge >= 0.3 is 0 Å². The first-order valence-electron chi connectivity index (χ1n) is 12.2. The summed E-state index contributed by atoms with van der Waals surface area (Å²) in [6.45, 7) is 6.67. The maximum atomic E-state index is 12.1. The Kier molecular flexibility index (Phi) is 10.2. The van der Waals surface area contributed by atoms with Gasteiger partial charge in [0, 0.05) is 58.3 Å². The number of benzene rings is 2. The van der Waals surface area contributed by atoms with Crippen LogP contribution in [-0.2, 0) is 24.4 Å². The van der Waals surface area contributed by atoms with Gasteiger partial charge in [0.1, 0.15) is 0 Å². The maximum Gasteiger partial charge on any atom is 0.222 e. The summed E-state index contributed by atoms with van der Waals surface area (Å²) in [7, 11) is 1.83. The number of likely N-dealkylation sites (tertiary alicyclic amines) is 2. The fraction of sp³-hybridized carbons (Fsp3) is 0.481. The number of hydrogen-bond donors (Lipinski definition) is 2. The molecule has 4 rings (SSSR count). The number of carbonyl (C=O) groups is 1. The summed E-state index contributed by atoms with van der Waals surface area (Å²) < 4.78 is 0. The third-order valence-corrected chi connectivity index (χ3v) is 6.90. The van der Waals surface area contributed by atoms with Crippen LogP contribution in [0.4, 0.5) is 0 Å². The van der Waals surface area contributed by atoms with Gasteiger partial charge in [-0.3, -0.25) is 14.7 Å². The van der Waals surface area contributed by atoms with Gasteiger partial charge in [-0.1, -0.05) is 54.6 Å². The van der Waals surface area contributed by atoms with Crippen LogP contribution in [0.2, 0.25) is 0 Å². The van der Waals surface area contributed by atoms with Crippen molar-refractivity contribution >= 4 is 35.8 Å². The molecule has 184 valence electrons. The van der Waals surface area contributed by atoms with E-state index in [1.165, 1.54) is 16.7 Å². The molecular formula is C27H38IN5O. The van der Waals surface area contributed by atoms with E-state index >= 15 is 0 Å². The van der Waals surface area contributed by atoms with Crippen molar-refractivity contribution in [1.29, 1.82) is 0 Å². The summed E-state index contributed by atoms with van der Waals surface area (Å²) in [4.78, 5) is 21.1. The van der Waals surface area contributed by atoms with Gasteiger partial charge in [-0.05, 0) is 42.9 Å². The fourth-order valence-electron chi connectivity index (χ4n) is 4.93. The highest BCUT2D eigenvalue weighted by Crippen LogP contribution is 2.20. The summed E-state index contributed by atoms with van der Waals surface area (Å²) in [5, 5.41) is 7.14. The van der Waals surface area contributed by atoms with Crippen LogP contribution < -0.4 is 10.6 Å². The number of guanidine groups is 1. The molecule has 7 heteroatoms. The van der Waals surface area contributed by atoms with Crippen LogP contribution in [0.15, 0.2) is 59.6 Å². The van der Waals surface area contributed by atoms with Gasteiger partial charge in [-0.25, -0.2) is 0 Å². The third-order valence-electron chi connectivity index (χ3n) is 6.90. The largest absolute Gasteiger partial charge is 0.354 e. The number of piperidine rings is 1. The smallest absolute Gasteiger partial charge is 0.222 e. The molecule has 0 bridgehead atoms. The zero-order valence-electron chi connectivity index (χ0n) is 20.4. The van der Waals surface area contributed by atoms with Gasteiger partial charge in [0.2, 0.25) is 5.91 Å². The normalized spacial score (nSPS) is 21.3. The van der Waals surface area contributed by atoms with Gasteiger partial charge in [-0.2, -0.15) is 0 Å². The van der Waals surface area contributed by atoms with Crippen LogP contribution in [0.3, 0.4) is 0 Å². The van der Waals surface area contributed by atoms with E-state index in [9.17, 15) is 4.79 Å². The van der Waals surface area contributed by atoms with Crippen LogP contribution in [0.5, 0.6) is 0 Å². The number of halogens is 1. The highest BCUT2D eigenvalue weighted by molar-refractivity contribution is 14.0. The highest BCUT2D eigenvalue weighted by Gasteiger charge is 2.26. The Morgan fingerprint density at radius 2 is 1.76 bits per heavy atom. The van der Waals surface area contributed by atoms with Crippen LogP contribution in [-0.4, -0.2) is 53.9 Å². The number of rotatable bonds is 7. The van der Waals surface area contributed by atoms with Crippen molar-refractivity contribution in [3.63, 3.8) is 0 Å². The van der Waals surface area contributed by atoms with E-state index in [2.05, 4.69) is 82.0 Å². The Hall–Kier alpha value is -2.13. The molecule has 0 radical (unpaired) electrons. The Morgan fingerprint density at radius 1 is 1.03 bits per heavy atom. The molecule has 2 saturated heterocycles. The molecule has 2 unspecified atom stereocenters. The molecule has 2 heterocycles. The lowest BCUT2D eigenvalue weighted by atomic mass is 9.97. The first-order valence-corrected chi connectivity index (χ1v) is 12.2.